The number of nitrogens with zero attached hydrogens (tertiary/aromatic N) is 1. The highest BCUT2D eigenvalue weighted by Crippen LogP contribution is 2.31. The van der Waals surface area contributed by atoms with Crippen LogP contribution >= 0.6 is 10.7 Å². The molecule has 1 aliphatic rings. The van der Waals surface area contributed by atoms with Gasteiger partial charge in [-0.1, -0.05) is 0 Å². The Labute approximate surface area is 128 Å². The second-order valence-electron chi connectivity index (χ2n) is 5.30. The minimum atomic E-state index is -4.09. The molecule has 0 unspecified atom stereocenters. The van der Waals surface area contributed by atoms with E-state index in [9.17, 15) is 17.6 Å². The molecule has 0 spiro atoms. The van der Waals surface area contributed by atoms with Gasteiger partial charge in [0.05, 0.1) is 4.90 Å². The average Bonchev–Trinajstić information content (AvgIpc) is 3.20. The highest BCUT2D eigenvalue weighted by molar-refractivity contribution is 8.13. The van der Waals surface area contributed by atoms with Crippen LogP contribution in [0.5, 0.6) is 0 Å². The zero-order valence-corrected chi connectivity index (χ0v) is 13.5. The van der Waals surface area contributed by atoms with Crippen molar-refractivity contribution < 1.29 is 17.6 Å². The Bertz CT molecular complexity index is 671. The molecule has 0 N–H and O–H groups in total. The van der Waals surface area contributed by atoms with E-state index in [-0.39, 0.29) is 21.9 Å². The third-order valence-electron chi connectivity index (χ3n) is 3.66. The van der Waals surface area contributed by atoms with Crippen molar-refractivity contribution >= 4 is 25.6 Å². The van der Waals surface area contributed by atoms with E-state index in [1.54, 1.807) is 4.90 Å². The lowest BCUT2D eigenvalue weighted by atomic mass is 10.1. The Morgan fingerprint density at radius 3 is 2.52 bits per heavy atom. The normalized spacial score (nSPS) is 15.0. The first-order valence-corrected chi connectivity index (χ1v) is 9.09. The molecule has 0 bridgehead atoms. The first kappa shape index (κ1) is 16.2. The molecule has 0 radical (unpaired) electrons. The van der Waals surface area contributed by atoms with Gasteiger partial charge in [-0.3, -0.25) is 4.79 Å². The quantitative estimate of drug-likeness (QED) is 0.778. The number of amides is 1. The molecule has 0 saturated heterocycles. The molecule has 0 aromatic heterocycles. The van der Waals surface area contributed by atoms with Gasteiger partial charge in [-0.25, -0.2) is 12.8 Å². The van der Waals surface area contributed by atoms with Gasteiger partial charge in [0, 0.05) is 29.3 Å². The molecule has 0 atom stereocenters. The van der Waals surface area contributed by atoms with Gasteiger partial charge >= 0.3 is 0 Å². The van der Waals surface area contributed by atoms with Crippen LogP contribution in [0, 0.1) is 18.7 Å². The summed E-state index contributed by atoms with van der Waals surface area (Å²) in [4.78, 5) is 13.8. The van der Waals surface area contributed by atoms with E-state index >= 15 is 0 Å². The molecule has 1 aromatic rings. The molecule has 2 rings (SSSR count). The smallest absolute Gasteiger partial charge is 0.261 e. The summed E-state index contributed by atoms with van der Waals surface area (Å²) >= 11 is 0. The lowest BCUT2D eigenvalue weighted by Gasteiger charge is -2.22. The molecule has 116 valence electrons. The van der Waals surface area contributed by atoms with E-state index < -0.39 is 14.9 Å². The third-order valence-corrected chi connectivity index (χ3v) is 5.11. The number of carbonyl (C=O) groups is 1. The Kier molecular flexibility index (Phi) is 4.58. The van der Waals surface area contributed by atoms with Gasteiger partial charge in [0.1, 0.15) is 5.82 Å². The SMILES string of the molecule is CCN(CC1CC1)C(=O)c1cc(F)cc(S(=O)(=O)Cl)c1C. The van der Waals surface area contributed by atoms with Crippen LogP contribution < -0.4 is 0 Å². The lowest BCUT2D eigenvalue weighted by Crippen LogP contribution is -2.33. The topological polar surface area (TPSA) is 54.5 Å². The zero-order chi connectivity index (χ0) is 15.8. The monoisotopic (exact) mass is 333 g/mol. The van der Waals surface area contributed by atoms with Crippen molar-refractivity contribution in [1.29, 1.82) is 0 Å². The fourth-order valence-corrected chi connectivity index (χ4v) is 3.48. The number of halogens is 2. The maximum Gasteiger partial charge on any atom is 0.261 e. The largest absolute Gasteiger partial charge is 0.339 e. The summed E-state index contributed by atoms with van der Waals surface area (Å²) in [6, 6.07) is 1.91. The van der Waals surface area contributed by atoms with E-state index in [2.05, 4.69) is 0 Å². The zero-order valence-electron chi connectivity index (χ0n) is 11.9. The van der Waals surface area contributed by atoms with Crippen LogP contribution in [-0.2, 0) is 9.05 Å². The van der Waals surface area contributed by atoms with Crippen LogP contribution in [0.1, 0.15) is 35.7 Å². The van der Waals surface area contributed by atoms with Gasteiger partial charge in [0.25, 0.3) is 15.0 Å². The van der Waals surface area contributed by atoms with Gasteiger partial charge < -0.3 is 4.90 Å². The molecule has 21 heavy (non-hydrogen) atoms. The fourth-order valence-electron chi connectivity index (χ4n) is 2.27. The van der Waals surface area contributed by atoms with E-state index in [0.717, 1.165) is 25.0 Å². The van der Waals surface area contributed by atoms with Gasteiger partial charge in [-0.2, -0.15) is 0 Å². The van der Waals surface area contributed by atoms with Crippen molar-refractivity contribution in [3.63, 3.8) is 0 Å². The van der Waals surface area contributed by atoms with E-state index in [4.69, 9.17) is 10.7 Å². The van der Waals surface area contributed by atoms with E-state index in [0.29, 0.717) is 19.0 Å². The molecular formula is C14H17ClFNO3S. The average molecular weight is 334 g/mol. The number of hydrogen-bond donors (Lipinski definition) is 0. The predicted molar refractivity (Wildman–Crippen MR) is 78.5 cm³/mol. The van der Waals surface area contributed by atoms with Crippen molar-refractivity contribution in [2.45, 2.75) is 31.6 Å². The van der Waals surface area contributed by atoms with Crippen LogP contribution in [0.3, 0.4) is 0 Å². The third kappa shape index (κ3) is 3.74. The summed E-state index contributed by atoms with van der Waals surface area (Å²) in [5.41, 5.74) is 0.238. The van der Waals surface area contributed by atoms with Crippen molar-refractivity contribution in [2.24, 2.45) is 5.92 Å². The van der Waals surface area contributed by atoms with Crippen molar-refractivity contribution in [2.75, 3.05) is 13.1 Å². The van der Waals surface area contributed by atoms with Gasteiger partial charge in [-0.15, -0.1) is 0 Å². The minimum absolute atomic E-state index is 0.0525. The molecule has 0 aliphatic heterocycles. The van der Waals surface area contributed by atoms with Crippen LogP contribution in [0.4, 0.5) is 4.39 Å². The number of carbonyl (C=O) groups excluding carboxylic acids is 1. The van der Waals surface area contributed by atoms with Crippen molar-refractivity contribution in [3.8, 4) is 0 Å². The maximum absolute atomic E-state index is 13.6. The van der Waals surface area contributed by atoms with Gasteiger partial charge in [0.2, 0.25) is 0 Å². The van der Waals surface area contributed by atoms with Crippen LogP contribution in [0.2, 0.25) is 0 Å². The molecule has 1 fully saturated rings. The Morgan fingerprint density at radius 2 is 2.05 bits per heavy atom. The molecule has 1 aliphatic carbocycles. The molecule has 1 saturated carbocycles. The molecular weight excluding hydrogens is 317 g/mol. The highest BCUT2D eigenvalue weighted by Gasteiger charge is 2.28. The molecule has 4 nitrogen and oxygen atoms in total. The summed E-state index contributed by atoms with van der Waals surface area (Å²) in [5, 5.41) is 0. The standard InChI is InChI=1S/C14H17ClFNO3S/c1-3-17(8-10-4-5-10)14(18)12-6-11(16)7-13(9(12)2)21(15,19)20/h6-7,10H,3-5,8H2,1-2H3. The van der Waals surface area contributed by atoms with Gasteiger partial charge in [-0.05, 0) is 50.3 Å². The molecule has 0 heterocycles. The summed E-state index contributed by atoms with van der Waals surface area (Å²) in [6.45, 7) is 4.42. The summed E-state index contributed by atoms with van der Waals surface area (Å²) < 4.78 is 36.6. The molecule has 7 heteroatoms. The molecule has 1 amide bonds. The highest BCUT2D eigenvalue weighted by atomic mass is 35.7. The van der Waals surface area contributed by atoms with Gasteiger partial charge in [0.15, 0.2) is 0 Å². The first-order valence-electron chi connectivity index (χ1n) is 6.78. The van der Waals surface area contributed by atoms with E-state index in [1.165, 1.54) is 6.92 Å². The predicted octanol–water partition coefficient (Wildman–Crippen LogP) is 2.93. The second-order valence-corrected chi connectivity index (χ2v) is 7.84. The van der Waals surface area contributed by atoms with Crippen LogP contribution in [0.25, 0.3) is 0 Å². The second kappa shape index (κ2) is 5.93. The number of hydrogen-bond acceptors (Lipinski definition) is 3. The van der Waals surface area contributed by atoms with E-state index in [1.807, 2.05) is 6.92 Å². The van der Waals surface area contributed by atoms with Crippen molar-refractivity contribution in [3.05, 3.63) is 29.1 Å². The van der Waals surface area contributed by atoms with Crippen LogP contribution in [0.15, 0.2) is 17.0 Å². The van der Waals surface area contributed by atoms with Crippen molar-refractivity contribution in [1.82, 2.24) is 4.90 Å². The number of benzene rings is 1. The summed E-state index contributed by atoms with van der Waals surface area (Å²) in [6.07, 6.45) is 2.18. The van der Waals surface area contributed by atoms with Crippen LogP contribution in [-0.4, -0.2) is 32.3 Å². The first-order chi connectivity index (χ1) is 9.74. The lowest BCUT2D eigenvalue weighted by molar-refractivity contribution is 0.0755. The Morgan fingerprint density at radius 1 is 1.43 bits per heavy atom. The Balaban J connectivity index is 2.42. The number of rotatable bonds is 5. The summed E-state index contributed by atoms with van der Waals surface area (Å²) in [5.74, 6) is -0.646. The minimum Gasteiger partial charge on any atom is -0.339 e. The summed E-state index contributed by atoms with van der Waals surface area (Å²) in [7, 11) is 1.21. The fraction of sp³-hybridized carbons (Fsp3) is 0.500. The Hall–Kier alpha value is -1.14. The maximum atomic E-state index is 13.6. The molecule has 1 aromatic carbocycles.